The second-order valence-corrected chi connectivity index (χ2v) is 4.90. The molecule has 1 aliphatic rings. The van der Waals surface area contributed by atoms with E-state index in [9.17, 15) is 9.59 Å². The number of carbonyl (C=O) groups is 1. The highest BCUT2D eigenvalue weighted by Gasteiger charge is 2.13. The van der Waals surface area contributed by atoms with Crippen LogP contribution in [0.3, 0.4) is 0 Å². The normalized spacial score (nSPS) is 16.5. The number of morpholine rings is 1. The molecular weight excluding hydrogens is 244 g/mol. The summed E-state index contributed by atoms with van der Waals surface area (Å²) in [6, 6.07) is 1.66. The summed E-state index contributed by atoms with van der Waals surface area (Å²) in [6.07, 6.45) is 0.639. The Labute approximate surface area is 112 Å². The van der Waals surface area contributed by atoms with E-state index in [2.05, 4.69) is 4.90 Å². The zero-order valence-electron chi connectivity index (χ0n) is 11.5. The molecule has 1 aliphatic heterocycles. The SMILES string of the molecule is Cc1cc(C=O)c(=O)n(CCN2CCOCC2)c1C. The van der Waals surface area contributed by atoms with Gasteiger partial charge in [-0.3, -0.25) is 14.5 Å². The molecule has 2 heterocycles. The molecular formula is C14H20N2O3. The van der Waals surface area contributed by atoms with Crippen molar-refractivity contribution in [2.45, 2.75) is 20.4 Å². The first-order valence-corrected chi connectivity index (χ1v) is 6.60. The molecule has 1 aromatic rings. The maximum absolute atomic E-state index is 12.1. The van der Waals surface area contributed by atoms with Crippen LogP contribution in [0.1, 0.15) is 21.6 Å². The number of nitrogens with zero attached hydrogens (tertiary/aromatic N) is 2. The summed E-state index contributed by atoms with van der Waals surface area (Å²) < 4.78 is 7.00. The molecule has 5 heteroatoms. The van der Waals surface area contributed by atoms with Crippen LogP contribution in [0, 0.1) is 13.8 Å². The molecule has 0 saturated carbocycles. The van der Waals surface area contributed by atoms with E-state index >= 15 is 0 Å². The fraction of sp³-hybridized carbons (Fsp3) is 0.571. The monoisotopic (exact) mass is 264 g/mol. The van der Waals surface area contributed by atoms with Crippen molar-refractivity contribution in [2.24, 2.45) is 0 Å². The summed E-state index contributed by atoms with van der Waals surface area (Å²) >= 11 is 0. The van der Waals surface area contributed by atoms with Crippen molar-refractivity contribution >= 4 is 6.29 Å². The van der Waals surface area contributed by atoms with Gasteiger partial charge in [0.1, 0.15) is 0 Å². The van der Waals surface area contributed by atoms with E-state index in [1.165, 1.54) is 0 Å². The van der Waals surface area contributed by atoms with E-state index in [4.69, 9.17) is 4.74 Å². The maximum atomic E-state index is 12.1. The molecule has 19 heavy (non-hydrogen) atoms. The molecule has 0 N–H and O–H groups in total. The van der Waals surface area contributed by atoms with Gasteiger partial charge in [-0.2, -0.15) is 0 Å². The van der Waals surface area contributed by atoms with Crippen molar-refractivity contribution in [3.8, 4) is 0 Å². The first-order valence-electron chi connectivity index (χ1n) is 6.60. The fourth-order valence-electron chi connectivity index (χ4n) is 2.34. The zero-order chi connectivity index (χ0) is 13.8. The van der Waals surface area contributed by atoms with Crippen LogP contribution in [0.25, 0.3) is 0 Å². The van der Waals surface area contributed by atoms with E-state index < -0.39 is 0 Å². The highest BCUT2D eigenvalue weighted by atomic mass is 16.5. The number of aromatic nitrogens is 1. The van der Waals surface area contributed by atoms with Crippen molar-refractivity contribution in [1.82, 2.24) is 9.47 Å². The second kappa shape index (κ2) is 6.12. The number of aldehydes is 1. The number of carbonyl (C=O) groups excluding carboxylic acids is 1. The maximum Gasteiger partial charge on any atom is 0.261 e. The molecule has 1 aromatic heterocycles. The lowest BCUT2D eigenvalue weighted by atomic mass is 10.1. The molecule has 1 saturated heterocycles. The van der Waals surface area contributed by atoms with E-state index in [1.54, 1.807) is 10.6 Å². The Morgan fingerprint density at radius 1 is 1.26 bits per heavy atom. The first kappa shape index (κ1) is 14.0. The molecule has 2 rings (SSSR count). The Balaban J connectivity index is 2.16. The van der Waals surface area contributed by atoms with Gasteiger partial charge in [-0.1, -0.05) is 0 Å². The van der Waals surface area contributed by atoms with Crippen LogP contribution in [0.15, 0.2) is 10.9 Å². The highest BCUT2D eigenvalue weighted by molar-refractivity contribution is 5.74. The molecule has 0 atom stereocenters. The second-order valence-electron chi connectivity index (χ2n) is 4.90. The minimum Gasteiger partial charge on any atom is -0.379 e. The van der Waals surface area contributed by atoms with Crippen molar-refractivity contribution in [2.75, 3.05) is 32.8 Å². The molecule has 0 bridgehead atoms. The predicted molar refractivity (Wildman–Crippen MR) is 72.8 cm³/mol. The van der Waals surface area contributed by atoms with E-state index in [1.807, 2.05) is 13.8 Å². The number of hydrogen-bond acceptors (Lipinski definition) is 4. The van der Waals surface area contributed by atoms with Gasteiger partial charge in [0.05, 0.1) is 18.8 Å². The van der Waals surface area contributed by atoms with Crippen molar-refractivity contribution in [3.05, 3.63) is 33.2 Å². The van der Waals surface area contributed by atoms with Crippen molar-refractivity contribution in [3.63, 3.8) is 0 Å². The van der Waals surface area contributed by atoms with Gasteiger partial charge in [-0.15, -0.1) is 0 Å². The van der Waals surface area contributed by atoms with Gasteiger partial charge in [-0.05, 0) is 25.5 Å². The van der Waals surface area contributed by atoms with Crippen LogP contribution >= 0.6 is 0 Å². The van der Waals surface area contributed by atoms with Crippen LogP contribution in [-0.2, 0) is 11.3 Å². The lowest BCUT2D eigenvalue weighted by Gasteiger charge is -2.27. The molecule has 5 nitrogen and oxygen atoms in total. The molecule has 1 fully saturated rings. The van der Waals surface area contributed by atoms with Gasteiger partial charge >= 0.3 is 0 Å². The molecule has 0 amide bonds. The van der Waals surface area contributed by atoms with Crippen LogP contribution in [0.5, 0.6) is 0 Å². The number of hydrogen-bond donors (Lipinski definition) is 0. The Kier molecular flexibility index (Phi) is 4.50. The smallest absolute Gasteiger partial charge is 0.261 e. The molecule has 104 valence electrons. The first-order chi connectivity index (χ1) is 9.13. The topological polar surface area (TPSA) is 51.5 Å². The zero-order valence-corrected chi connectivity index (χ0v) is 11.5. The number of ether oxygens (including phenoxy) is 1. The Bertz CT molecular complexity index is 516. The average Bonchev–Trinajstić information content (AvgIpc) is 2.44. The van der Waals surface area contributed by atoms with E-state index in [-0.39, 0.29) is 11.1 Å². The predicted octanol–water partition coefficient (Wildman–Crippen LogP) is 0.610. The van der Waals surface area contributed by atoms with E-state index in [0.29, 0.717) is 12.8 Å². The summed E-state index contributed by atoms with van der Waals surface area (Å²) in [5.41, 5.74) is 1.96. The lowest BCUT2D eigenvalue weighted by molar-refractivity contribution is 0.0362. The van der Waals surface area contributed by atoms with Crippen molar-refractivity contribution < 1.29 is 9.53 Å². The third-order valence-electron chi connectivity index (χ3n) is 3.71. The summed E-state index contributed by atoms with van der Waals surface area (Å²) in [7, 11) is 0. The molecule has 0 aliphatic carbocycles. The summed E-state index contributed by atoms with van der Waals surface area (Å²) in [6.45, 7) is 8.58. The van der Waals surface area contributed by atoms with Crippen LogP contribution in [0.4, 0.5) is 0 Å². The number of pyridine rings is 1. The highest BCUT2D eigenvalue weighted by Crippen LogP contribution is 2.06. The van der Waals surface area contributed by atoms with E-state index in [0.717, 1.165) is 44.1 Å². The number of rotatable bonds is 4. The lowest BCUT2D eigenvalue weighted by Crippen LogP contribution is -2.40. The van der Waals surface area contributed by atoms with Gasteiger partial charge < -0.3 is 9.30 Å². The van der Waals surface area contributed by atoms with Crippen LogP contribution < -0.4 is 5.56 Å². The van der Waals surface area contributed by atoms with Gasteiger partial charge in [0.15, 0.2) is 6.29 Å². The standard InChI is InChI=1S/C14H20N2O3/c1-11-9-13(10-17)14(18)16(12(11)2)4-3-15-5-7-19-8-6-15/h9-10H,3-8H2,1-2H3. The minimum atomic E-state index is -0.189. The van der Waals surface area contributed by atoms with Crippen LogP contribution in [0.2, 0.25) is 0 Å². The Hall–Kier alpha value is -1.46. The third-order valence-corrected chi connectivity index (χ3v) is 3.71. The van der Waals surface area contributed by atoms with Gasteiger partial charge in [-0.25, -0.2) is 0 Å². The summed E-state index contributed by atoms with van der Waals surface area (Å²) in [5.74, 6) is 0. The largest absolute Gasteiger partial charge is 0.379 e. The number of aryl methyl sites for hydroxylation is 1. The Morgan fingerprint density at radius 2 is 1.95 bits per heavy atom. The third kappa shape index (κ3) is 3.11. The average molecular weight is 264 g/mol. The fourth-order valence-corrected chi connectivity index (χ4v) is 2.34. The Morgan fingerprint density at radius 3 is 2.58 bits per heavy atom. The van der Waals surface area contributed by atoms with Crippen molar-refractivity contribution in [1.29, 1.82) is 0 Å². The minimum absolute atomic E-state index is 0.189. The van der Waals surface area contributed by atoms with Gasteiger partial charge in [0.25, 0.3) is 5.56 Å². The molecule has 0 radical (unpaired) electrons. The van der Waals surface area contributed by atoms with Gasteiger partial charge in [0, 0.05) is 31.9 Å². The summed E-state index contributed by atoms with van der Waals surface area (Å²) in [4.78, 5) is 25.3. The molecule has 0 unspecified atom stereocenters. The molecule has 0 aromatic carbocycles. The van der Waals surface area contributed by atoms with Crippen LogP contribution in [-0.4, -0.2) is 48.6 Å². The van der Waals surface area contributed by atoms with Gasteiger partial charge in [0.2, 0.25) is 0 Å². The quantitative estimate of drug-likeness (QED) is 0.748. The summed E-state index contributed by atoms with van der Waals surface area (Å²) in [5, 5.41) is 0. The molecule has 0 spiro atoms.